The third kappa shape index (κ3) is 6.41. The molecule has 56 heavy (non-hydrogen) atoms. The maximum absolute atomic E-state index is 8.30. The van der Waals surface area contributed by atoms with Gasteiger partial charge in [-0.2, -0.15) is 0 Å². The largest absolute Gasteiger partial charge is 3.00 e. The molecule has 0 saturated carbocycles. The van der Waals surface area contributed by atoms with Crippen LogP contribution in [0.25, 0.3) is 98.0 Å². The van der Waals surface area contributed by atoms with E-state index >= 15 is 0 Å². The molecule has 3 nitrogen and oxygen atoms in total. The minimum Gasteiger partial charge on any atom is -0.500 e. The Balaban J connectivity index is 0.000000223. The fraction of sp³-hybridized carbons (Fsp3) is 0.0577. The van der Waals surface area contributed by atoms with Crippen molar-refractivity contribution in [3.8, 4) is 11.3 Å². The van der Waals surface area contributed by atoms with Gasteiger partial charge in [-0.15, -0.1) is 53.6 Å². The number of pyridine rings is 2. The molecular weight excluding hydrogens is 861 g/mol. The molecule has 0 aliphatic heterocycles. The molecule has 7 aromatic carbocycles. The topological polar surface area (TPSA) is 38.9 Å². The van der Waals surface area contributed by atoms with Crippen LogP contribution in [-0.4, -0.2) is 9.97 Å². The van der Waals surface area contributed by atoms with E-state index in [1.165, 1.54) is 30.6 Å². The normalized spacial score (nSPS) is 14.2. The number of hydrogen-bond donors (Lipinski definition) is 0. The molecule has 4 heterocycles. The van der Waals surface area contributed by atoms with Crippen molar-refractivity contribution in [2.75, 3.05) is 0 Å². The predicted molar refractivity (Wildman–Crippen MR) is 233 cm³/mol. The summed E-state index contributed by atoms with van der Waals surface area (Å²) >= 11 is 0. The van der Waals surface area contributed by atoms with Crippen LogP contribution in [0, 0.1) is 40.1 Å². The monoisotopic (exact) mass is 907 g/mol. The minimum absolute atomic E-state index is 0. The summed E-state index contributed by atoms with van der Waals surface area (Å²) in [6.45, 7) is -6.67. The molecule has 0 fully saturated rings. The van der Waals surface area contributed by atoms with Gasteiger partial charge in [0.15, 0.2) is 0 Å². The summed E-state index contributed by atoms with van der Waals surface area (Å²) in [5, 5.41) is 12.9. The van der Waals surface area contributed by atoms with Crippen LogP contribution in [0.1, 0.15) is 29.0 Å². The van der Waals surface area contributed by atoms with E-state index in [4.69, 9.17) is 16.8 Å². The molecule has 0 amide bonds. The van der Waals surface area contributed by atoms with Crippen molar-refractivity contribution in [2.24, 2.45) is 0 Å². The second-order valence-corrected chi connectivity index (χ2v) is 13.4. The van der Waals surface area contributed by atoms with E-state index < -0.39 is 20.6 Å². The second-order valence-electron chi connectivity index (χ2n) is 13.4. The van der Waals surface area contributed by atoms with Gasteiger partial charge in [0, 0.05) is 35.5 Å². The summed E-state index contributed by atoms with van der Waals surface area (Å²) in [5.41, 5.74) is 3.87. The minimum atomic E-state index is -2.33. The van der Waals surface area contributed by atoms with Gasteiger partial charge in [0.05, 0.1) is 5.58 Å². The molecule has 0 aliphatic rings. The van der Waals surface area contributed by atoms with Crippen molar-refractivity contribution in [1.29, 1.82) is 0 Å². The Hall–Kier alpha value is -6.19. The van der Waals surface area contributed by atoms with E-state index in [9.17, 15) is 0 Å². The van der Waals surface area contributed by atoms with Crippen LogP contribution in [-0.2, 0) is 20.1 Å². The first-order chi connectivity index (χ1) is 30.1. The molecule has 0 atom stereocenters. The molecule has 0 spiro atoms. The molecule has 11 rings (SSSR count). The number of fused-ring (bicyclic) bond motifs is 12. The Kier molecular flexibility index (Phi) is 7.24. The number of hydrogen-bond acceptors (Lipinski definition) is 3. The van der Waals surface area contributed by atoms with Crippen LogP contribution in [0.15, 0.2) is 156 Å². The Labute approximate surface area is 352 Å². The molecule has 11 aromatic rings. The second kappa shape index (κ2) is 14.8. The number of aryl methyl sites for hydroxylation is 3. The summed E-state index contributed by atoms with van der Waals surface area (Å²) in [7, 11) is 0. The number of furan rings is 1. The SMILES string of the molecule is [2H]C([2H])([2H])c1c[c-]c(-c2ccc(C([2H])([2H])[2H])cn2)cc1.[2H]C([2H])([2H])c1cnc2cc1c1cccc(c1)c1cccc(c1)c1ccc3ccc4ccc5c6cc[c-]c2c6oc5c4c3c1.[CH3-].[Ir+3]. The molecule has 0 aliphatic carbocycles. The summed E-state index contributed by atoms with van der Waals surface area (Å²) < 4.78 is 75.3. The fourth-order valence-electron chi connectivity index (χ4n) is 7.42. The molecule has 10 bridgehead atoms. The average Bonchev–Trinajstić information content (AvgIpc) is 3.67. The fourth-order valence-corrected chi connectivity index (χ4v) is 7.42. The first kappa shape index (κ1) is 27.4. The van der Waals surface area contributed by atoms with Gasteiger partial charge >= 0.3 is 20.1 Å². The zero-order valence-electron chi connectivity index (χ0n) is 39.1. The summed E-state index contributed by atoms with van der Waals surface area (Å²) in [6.07, 6.45) is 2.78. The zero-order chi connectivity index (χ0) is 43.8. The van der Waals surface area contributed by atoms with Gasteiger partial charge in [0.1, 0.15) is 5.58 Å². The van der Waals surface area contributed by atoms with Crippen LogP contribution in [0.2, 0.25) is 0 Å². The molecule has 4 aromatic heterocycles. The van der Waals surface area contributed by atoms with Gasteiger partial charge in [-0.25, -0.2) is 0 Å². The van der Waals surface area contributed by atoms with E-state index in [-0.39, 0.29) is 44.2 Å². The van der Waals surface area contributed by atoms with Crippen LogP contribution in [0.3, 0.4) is 0 Å². The van der Waals surface area contributed by atoms with E-state index in [0.717, 1.165) is 64.8 Å². The number of aromatic nitrogens is 2. The first-order valence-electron chi connectivity index (χ1n) is 22.0. The quantitative estimate of drug-likeness (QED) is 0.122. The molecule has 270 valence electrons. The van der Waals surface area contributed by atoms with E-state index in [2.05, 4.69) is 101 Å². The summed E-state index contributed by atoms with van der Waals surface area (Å²) in [5.74, 6) is 0. The van der Waals surface area contributed by atoms with E-state index in [0.29, 0.717) is 33.1 Å². The summed E-state index contributed by atoms with van der Waals surface area (Å²) in [4.78, 5) is 8.75. The average molecular weight is 907 g/mol. The molecule has 0 unspecified atom stereocenters. The predicted octanol–water partition coefficient (Wildman–Crippen LogP) is 14.2. The van der Waals surface area contributed by atoms with Gasteiger partial charge < -0.3 is 21.8 Å². The Morgan fingerprint density at radius 1 is 0.536 bits per heavy atom. The van der Waals surface area contributed by atoms with Gasteiger partial charge in [0.2, 0.25) is 0 Å². The van der Waals surface area contributed by atoms with Crippen molar-refractivity contribution in [1.82, 2.24) is 9.97 Å². The van der Waals surface area contributed by atoms with Gasteiger partial charge in [-0.05, 0) is 103 Å². The zero-order valence-corrected chi connectivity index (χ0v) is 32.5. The van der Waals surface area contributed by atoms with Crippen molar-refractivity contribution in [2.45, 2.75) is 20.6 Å². The first-order valence-corrected chi connectivity index (χ1v) is 17.5. The summed E-state index contributed by atoms with van der Waals surface area (Å²) in [6, 6.07) is 51.4. The maximum Gasteiger partial charge on any atom is 3.00 e. The molecule has 4 heteroatoms. The number of benzene rings is 7. The Morgan fingerprint density at radius 3 is 1.96 bits per heavy atom. The third-order valence-electron chi connectivity index (χ3n) is 10.1. The van der Waals surface area contributed by atoms with Crippen molar-refractivity contribution >= 4 is 86.7 Å². The van der Waals surface area contributed by atoms with Crippen LogP contribution in [0.5, 0.6) is 0 Å². The van der Waals surface area contributed by atoms with E-state index in [1.54, 1.807) is 12.1 Å². The molecule has 0 radical (unpaired) electrons. The van der Waals surface area contributed by atoms with Crippen LogP contribution in [0.4, 0.5) is 0 Å². The van der Waals surface area contributed by atoms with Crippen molar-refractivity contribution in [3.05, 3.63) is 188 Å². The Bertz CT molecular complexity index is 3580. The van der Waals surface area contributed by atoms with Gasteiger partial charge in [-0.3, -0.25) is 0 Å². The third-order valence-corrected chi connectivity index (χ3v) is 10.1. The van der Waals surface area contributed by atoms with Crippen LogP contribution < -0.4 is 0 Å². The molecule has 0 N–H and O–H groups in total. The molecule has 0 saturated heterocycles. The standard InChI is InChI=1S/C38H22NO.C13H12N.CH3.Ir/c1-22-21-39-35-20-33(22)29-8-3-7-27(18-29)25-5-2-6-26(17-25)28-14-12-23-11-13-24-15-16-31-30-9-4-10-32(35)37(30)40-38(31)36(24)34(23)19-28;1-10-3-6-12(7-4-10)13-8-5-11(2)9-14-13;;/h2-9,11-21H,1H3;3-6,8-9H,1-2H3;1H3;/q3*-1;+3/i1D3;1D3,2D3;;. The number of rotatable bonds is 1. The van der Waals surface area contributed by atoms with Crippen molar-refractivity contribution in [3.63, 3.8) is 0 Å². The van der Waals surface area contributed by atoms with Gasteiger partial charge in [0.25, 0.3) is 0 Å². The molecular formula is C52H37IrN2O. The maximum atomic E-state index is 8.30. The van der Waals surface area contributed by atoms with Crippen LogP contribution >= 0.6 is 0 Å². The number of nitrogens with zero attached hydrogens (tertiary/aromatic N) is 2. The smallest absolute Gasteiger partial charge is 0.500 e. The van der Waals surface area contributed by atoms with E-state index in [1.807, 2.05) is 30.3 Å². The van der Waals surface area contributed by atoms with Gasteiger partial charge in [-0.1, -0.05) is 109 Å². The van der Waals surface area contributed by atoms with Crippen molar-refractivity contribution < 1.29 is 36.9 Å². The Morgan fingerprint density at radius 2 is 1.23 bits per heavy atom.